The summed E-state index contributed by atoms with van der Waals surface area (Å²) in [6.45, 7) is 2.52. The van der Waals surface area contributed by atoms with Crippen molar-refractivity contribution < 1.29 is 17.6 Å². The molecule has 0 unspecified atom stereocenters. The minimum absolute atomic E-state index is 0.127. The minimum atomic E-state index is -3.85. The van der Waals surface area contributed by atoms with E-state index in [2.05, 4.69) is 12.2 Å². The lowest BCUT2D eigenvalue weighted by molar-refractivity contribution is 0.0951. The summed E-state index contributed by atoms with van der Waals surface area (Å²) in [6.07, 6.45) is 6.24. The van der Waals surface area contributed by atoms with Crippen molar-refractivity contribution in [3.05, 3.63) is 102 Å². The van der Waals surface area contributed by atoms with E-state index in [1.165, 1.54) is 40.4 Å². The van der Waals surface area contributed by atoms with Crippen molar-refractivity contribution in [3.63, 3.8) is 0 Å². The van der Waals surface area contributed by atoms with Gasteiger partial charge < -0.3 is 5.32 Å². The standard InChI is InChI=1S/C29H29FN2O3S/c1-20-6-10-22(11-7-20)27-19-32(28-5-3-2-4-26(27)28)36(34,35)25-16-12-23(13-17-25)29(33)31-18-21-8-14-24(30)15-9-21/h2-5,8-9,12-17,19-20,22H,6-7,10-11,18H2,1H3,(H,31,33). The maximum Gasteiger partial charge on any atom is 0.268 e. The fourth-order valence-electron chi connectivity index (χ4n) is 5.05. The van der Waals surface area contributed by atoms with Crippen LogP contribution in [0.1, 0.15) is 60.0 Å². The third-order valence-electron chi connectivity index (χ3n) is 7.20. The van der Waals surface area contributed by atoms with Crippen molar-refractivity contribution in [1.82, 2.24) is 9.29 Å². The third kappa shape index (κ3) is 4.80. The molecule has 0 radical (unpaired) electrons. The number of fused-ring (bicyclic) bond motifs is 1. The van der Waals surface area contributed by atoms with Crippen LogP contribution >= 0.6 is 0 Å². The highest BCUT2D eigenvalue weighted by atomic mass is 32.2. The van der Waals surface area contributed by atoms with Crippen molar-refractivity contribution >= 4 is 26.8 Å². The maximum absolute atomic E-state index is 13.6. The Morgan fingerprint density at radius 1 is 0.944 bits per heavy atom. The molecule has 7 heteroatoms. The SMILES string of the molecule is CC1CCC(c2cn(S(=O)(=O)c3ccc(C(=O)NCc4ccc(F)cc4)cc3)c3ccccc23)CC1. The van der Waals surface area contributed by atoms with Gasteiger partial charge in [-0.3, -0.25) is 4.79 Å². The molecule has 0 aliphatic heterocycles. The van der Waals surface area contributed by atoms with E-state index in [1.54, 1.807) is 18.3 Å². The number of carbonyl (C=O) groups excluding carboxylic acids is 1. The van der Waals surface area contributed by atoms with Crippen LogP contribution in [0, 0.1) is 11.7 Å². The average Bonchev–Trinajstić information content (AvgIpc) is 3.29. The number of para-hydroxylation sites is 1. The van der Waals surface area contributed by atoms with E-state index >= 15 is 0 Å². The van der Waals surface area contributed by atoms with Gasteiger partial charge in [-0.2, -0.15) is 0 Å². The van der Waals surface area contributed by atoms with Gasteiger partial charge in [0.2, 0.25) is 0 Å². The zero-order valence-electron chi connectivity index (χ0n) is 20.2. The van der Waals surface area contributed by atoms with Gasteiger partial charge in [0, 0.05) is 23.7 Å². The normalized spacial score (nSPS) is 18.3. The Balaban J connectivity index is 1.38. The molecule has 1 heterocycles. The fraction of sp³-hybridized carbons (Fsp3) is 0.276. The number of benzene rings is 3. The second-order valence-corrected chi connectivity index (χ2v) is 11.5. The Morgan fingerprint density at radius 2 is 1.61 bits per heavy atom. The van der Waals surface area contributed by atoms with E-state index < -0.39 is 10.0 Å². The van der Waals surface area contributed by atoms with Crippen molar-refractivity contribution in [3.8, 4) is 0 Å². The number of aromatic nitrogens is 1. The minimum Gasteiger partial charge on any atom is -0.348 e. The van der Waals surface area contributed by atoms with Crippen LogP contribution in [0.3, 0.4) is 0 Å². The van der Waals surface area contributed by atoms with Crippen LogP contribution in [0.25, 0.3) is 10.9 Å². The highest BCUT2D eigenvalue weighted by molar-refractivity contribution is 7.90. The first-order valence-corrected chi connectivity index (χ1v) is 13.7. The topological polar surface area (TPSA) is 68.2 Å². The van der Waals surface area contributed by atoms with Gasteiger partial charge in [-0.15, -0.1) is 0 Å². The highest BCUT2D eigenvalue weighted by Crippen LogP contribution is 2.40. The summed E-state index contributed by atoms with van der Waals surface area (Å²) >= 11 is 0. The number of nitrogens with zero attached hydrogens (tertiary/aromatic N) is 1. The Bertz CT molecular complexity index is 1480. The molecule has 186 valence electrons. The number of hydrogen-bond donors (Lipinski definition) is 1. The van der Waals surface area contributed by atoms with Gasteiger partial charge in [-0.1, -0.05) is 50.1 Å². The summed E-state index contributed by atoms with van der Waals surface area (Å²) in [5.74, 6) is 0.403. The molecule has 36 heavy (non-hydrogen) atoms. The predicted molar refractivity (Wildman–Crippen MR) is 139 cm³/mol. The van der Waals surface area contributed by atoms with Crippen LogP contribution in [-0.2, 0) is 16.6 Å². The van der Waals surface area contributed by atoms with Crippen LogP contribution in [0.4, 0.5) is 4.39 Å². The average molecular weight is 505 g/mol. The van der Waals surface area contributed by atoms with Crippen LogP contribution in [0.2, 0.25) is 0 Å². The van der Waals surface area contributed by atoms with Gasteiger partial charge in [0.25, 0.3) is 15.9 Å². The summed E-state index contributed by atoms with van der Waals surface area (Å²) in [4.78, 5) is 12.7. The van der Waals surface area contributed by atoms with Crippen molar-refractivity contribution in [1.29, 1.82) is 0 Å². The van der Waals surface area contributed by atoms with E-state index in [0.29, 0.717) is 22.9 Å². The smallest absolute Gasteiger partial charge is 0.268 e. The molecule has 1 aliphatic carbocycles. The Hall–Kier alpha value is -3.45. The number of amides is 1. The lowest BCUT2D eigenvalue weighted by atomic mass is 9.79. The summed E-state index contributed by atoms with van der Waals surface area (Å²) in [7, 11) is -3.85. The van der Waals surface area contributed by atoms with E-state index in [1.807, 2.05) is 24.3 Å². The van der Waals surface area contributed by atoms with Crippen molar-refractivity contribution in [2.24, 2.45) is 5.92 Å². The number of rotatable bonds is 6. The summed E-state index contributed by atoms with van der Waals surface area (Å²) < 4.78 is 41.7. The largest absolute Gasteiger partial charge is 0.348 e. The summed E-state index contributed by atoms with van der Waals surface area (Å²) in [5, 5.41) is 3.76. The highest BCUT2D eigenvalue weighted by Gasteiger charge is 2.27. The molecule has 1 fully saturated rings. The third-order valence-corrected chi connectivity index (χ3v) is 8.89. The molecule has 5 nitrogen and oxygen atoms in total. The summed E-state index contributed by atoms with van der Waals surface area (Å²) in [5.41, 5.74) is 2.89. The van der Waals surface area contributed by atoms with Crippen LogP contribution in [0.15, 0.2) is 83.9 Å². The van der Waals surface area contributed by atoms with Crippen LogP contribution < -0.4 is 5.32 Å². The molecule has 0 bridgehead atoms. The first-order valence-electron chi connectivity index (χ1n) is 12.3. The first-order chi connectivity index (χ1) is 17.3. The Morgan fingerprint density at radius 3 is 2.31 bits per heavy atom. The molecular weight excluding hydrogens is 475 g/mol. The quantitative estimate of drug-likeness (QED) is 0.338. The monoisotopic (exact) mass is 504 g/mol. The van der Waals surface area contributed by atoms with E-state index in [9.17, 15) is 17.6 Å². The lowest BCUT2D eigenvalue weighted by Gasteiger charge is -2.25. The van der Waals surface area contributed by atoms with E-state index in [4.69, 9.17) is 0 Å². The van der Waals surface area contributed by atoms with Crippen molar-refractivity contribution in [2.75, 3.05) is 0 Å². The molecule has 0 atom stereocenters. The molecular formula is C29H29FN2O3S. The van der Waals surface area contributed by atoms with Crippen LogP contribution in [-0.4, -0.2) is 18.3 Å². The molecule has 1 aromatic heterocycles. The van der Waals surface area contributed by atoms with Gasteiger partial charge in [-0.25, -0.2) is 16.8 Å². The van der Waals surface area contributed by atoms with Gasteiger partial charge in [0.05, 0.1) is 10.4 Å². The van der Waals surface area contributed by atoms with Gasteiger partial charge in [-0.05, 0) is 78.3 Å². The predicted octanol–water partition coefficient (Wildman–Crippen LogP) is 6.24. The second kappa shape index (κ2) is 9.90. The fourth-order valence-corrected chi connectivity index (χ4v) is 6.43. The van der Waals surface area contributed by atoms with Crippen molar-refractivity contribution in [2.45, 2.75) is 50.0 Å². The molecule has 1 amide bonds. The number of carbonyl (C=O) groups is 1. The zero-order valence-corrected chi connectivity index (χ0v) is 21.0. The van der Waals surface area contributed by atoms with E-state index in [-0.39, 0.29) is 23.2 Å². The molecule has 5 rings (SSSR count). The van der Waals surface area contributed by atoms with Gasteiger partial charge >= 0.3 is 0 Å². The molecule has 0 saturated heterocycles. The van der Waals surface area contributed by atoms with Crippen LogP contribution in [0.5, 0.6) is 0 Å². The lowest BCUT2D eigenvalue weighted by Crippen LogP contribution is -2.22. The first kappa shape index (κ1) is 24.3. The number of hydrogen-bond acceptors (Lipinski definition) is 3. The number of nitrogens with one attached hydrogen (secondary N) is 1. The Labute approximate surface area is 211 Å². The number of halogens is 1. The van der Waals surface area contributed by atoms with E-state index in [0.717, 1.165) is 42.2 Å². The molecule has 1 saturated carbocycles. The summed E-state index contributed by atoms with van der Waals surface area (Å²) in [6, 6.07) is 19.5. The molecule has 1 aliphatic rings. The zero-order chi connectivity index (χ0) is 25.3. The van der Waals surface area contributed by atoms with Gasteiger partial charge in [0.1, 0.15) is 5.82 Å². The molecule has 3 aromatic carbocycles. The van der Waals surface area contributed by atoms with Gasteiger partial charge in [0.15, 0.2) is 0 Å². The molecule has 1 N–H and O–H groups in total. The second-order valence-electron chi connectivity index (χ2n) is 9.69. The maximum atomic E-state index is 13.6. The molecule has 4 aromatic rings. The Kier molecular flexibility index (Phi) is 6.67. The molecule has 0 spiro atoms.